The number of nitrogens with zero attached hydrogens (tertiary/aromatic N) is 5. The average molecular weight is 420 g/mol. The lowest BCUT2D eigenvalue weighted by atomic mass is 10.1. The van der Waals surface area contributed by atoms with Gasteiger partial charge in [0, 0.05) is 55.9 Å². The van der Waals surface area contributed by atoms with Gasteiger partial charge >= 0.3 is 0 Å². The molecule has 1 aliphatic heterocycles. The first-order valence-electron chi connectivity index (χ1n) is 10.0. The molecule has 1 amide bonds. The van der Waals surface area contributed by atoms with Crippen molar-refractivity contribution in [1.29, 1.82) is 0 Å². The maximum Gasteiger partial charge on any atom is 0.255 e. The molecule has 0 bridgehead atoms. The maximum absolute atomic E-state index is 13.4. The fourth-order valence-corrected chi connectivity index (χ4v) is 5.44. The van der Waals surface area contributed by atoms with Crippen molar-refractivity contribution in [3.63, 3.8) is 0 Å². The highest BCUT2D eigenvalue weighted by atomic mass is 32.2. The van der Waals surface area contributed by atoms with Crippen molar-refractivity contribution in [3.8, 4) is 11.1 Å². The molecule has 1 atom stereocenters. The van der Waals surface area contributed by atoms with Crippen molar-refractivity contribution in [2.75, 3.05) is 37.7 Å². The Morgan fingerprint density at radius 3 is 2.52 bits per heavy atom. The lowest BCUT2D eigenvalue weighted by Crippen LogP contribution is -2.45. The van der Waals surface area contributed by atoms with E-state index in [0.29, 0.717) is 25.1 Å². The molecule has 3 rings (SSSR count). The summed E-state index contributed by atoms with van der Waals surface area (Å²) >= 11 is 0. The third kappa shape index (κ3) is 5.22. The molecule has 0 spiro atoms. The number of aromatic nitrogens is 3. The molecule has 9 heteroatoms. The highest BCUT2D eigenvalue weighted by Crippen LogP contribution is 2.23. The standard InChI is InChI=1S/C20H29N5O3S/c1-4-24(5-2)7-8-25(19-6-9-29(27,28)15-19)20(26)17-10-16(11-21-12-17)18-13-22-23(3)14-18/h10-14,19H,4-9,15H2,1-3H3. The summed E-state index contributed by atoms with van der Waals surface area (Å²) in [5, 5.41) is 4.17. The summed E-state index contributed by atoms with van der Waals surface area (Å²) in [4.78, 5) is 21.6. The normalized spacial score (nSPS) is 18.3. The Balaban J connectivity index is 1.85. The van der Waals surface area contributed by atoms with Crippen LogP contribution in [0, 0.1) is 0 Å². The van der Waals surface area contributed by atoms with E-state index >= 15 is 0 Å². The van der Waals surface area contributed by atoms with Crippen molar-refractivity contribution in [3.05, 3.63) is 36.4 Å². The van der Waals surface area contributed by atoms with Crippen LogP contribution in [0.3, 0.4) is 0 Å². The van der Waals surface area contributed by atoms with Gasteiger partial charge < -0.3 is 9.80 Å². The number of hydrogen-bond acceptors (Lipinski definition) is 6. The number of likely N-dealkylation sites (N-methyl/N-ethyl adjacent to an activating group) is 1. The van der Waals surface area contributed by atoms with Crippen LogP contribution < -0.4 is 0 Å². The van der Waals surface area contributed by atoms with Gasteiger partial charge in [-0.05, 0) is 25.6 Å². The molecule has 0 aliphatic carbocycles. The second-order valence-electron chi connectivity index (χ2n) is 7.45. The monoisotopic (exact) mass is 419 g/mol. The van der Waals surface area contributed by atoms with E-state index in [1.54, 1.807) is 34.2 Å². The third-order valence-corrected chi connectivity index (χ3v) is 7.24. The molecule has 8 nitrogen and oxygen atoms in total. The lowest BCUT2D eigenvalue weighted by Gasteiger charge is -2.31. The summed E-state index contributed by atoms with van der Waals surface area (Å²) in [5.41, 5.74) is 2.16. The van der Waals surface area contributed by atoms with Gasteiger partial charge in [-0.3, -0.25) is 14.5 Å². The SMILES string of the molecule is CCN(CC)CCN(C(=O)c1cncc(-c2cnn(C)c2)c1)C1CCS(=O)(=O)C1. The first-order valence-corrected chi connectivity index (χ1v) is 11.8. The second kappa shape index (κ2) is 9.04. The molecular weight excluding hydrogens is 390 g/mol. The molecule has 1 saturated heterocycles. The van der Waals surface area contributed by atoms with Crippen molar-refractivity contribution < 1.29 is 13.2 Å². The number of carbonyl (C=O) groups excluding carboxylic acids is 1. The van der Waals surface area contributed by atoms with Crippen LogP contribution in [-0.4, -0.2) is 82.6 Å². The Morgan fingerprint density at radius 2 is 1.93 bits per heavy atom. The Morgan fingerprint density at radius 1 is 1.17 bits per heavy atom. The van der Waals surface area contributed by atoms with Crippen LogP contribution >= 0.6 is 0 Å². The zero-order valence-corrected chi connectivity index (χ0v) is 18.1. The number of sulfone groups is 1. The average Bonchev–Trinajstić information content (AvgIpc) is 3.30. The third-order valence-electron chi connectivity index (χ3n) is 5.48. The molecule has 0 radical (unpaired) electrons. The number of amides is 1. The molecule has 29 heavy (non-hydrogen) atoms. The van der Waals surface area contributed by atoms with E-state index in [1.807, 2.05) is 13.2 Å². The molecule has 2 aromatic rings. The van der Waals surface area contributed by atoms with Crippen molar-refractivity contribution in [1.82, 2.24) is 24.6 Å². The summed E-state index contributed by atoms with van der Waals surface area (Å²) in [6, 6.07) is 1.52. The van der Waals surface area contributed by atoms with E-state index in [0.717, 1.165) is 24.2 Å². The Hall–Kier alpha value is -2.26. The smallest absolute Gasteiger partial charge is 0.255 e. The van der Waals surface area contributed by atoms with E-state index in [1.165, 1.54) is 0 Å². The minimum atomic E-state index is -3.09. The molecule has 0 N–H and O–H groups in total. The summed E-state index contributed by atoms with van der Waals surface area (Å²) in [6.45, 7) is 7.15. The van der Waals surface area contributed by atoms with E-state index in [2.05, 4.69) is 28.8 Å². The van der Waals surface area contributed by atoms with Crippen LogP contribution in [0.5, 0.6) is 0 Å². The highest BCUT2D eigenvalue weighted by Gasteiger charge is 2.35. The number of pyridine rings is 1. The lowest BCUT2D eigenvalue weighted by molar-refractivity contribution is 0.0674. The van der Waals surface area contributed by atoms with Crippen molar-refractivity contribution in [2.24, 2.45) is 7.05 Å². The minimum Gasteiger partial charge on any atom is -0.333 e. The van der Waals surface area contributed by atoms with Crippen LogP contribution in [0.4, 0.5) is 0 Å². The van der Waals surface area contributed by atoms with E-state index in [-0.39, 0.29) is 23.5 Å². The van der Waals surface area contributed by atoms with Gasteiger partial charge in [-0.1, -0.05) is 13.8 Å². The van der Waals surface area contributed by atoms with E-state index in [4.69, 9.17) is 0 Å². The fraction of sp³-hybridized carbons (Fsp3) is 0.550. The van der Waals surface area contributed by atoms with Crippen LogP contribution in [0.15, 0.2) is 30.9 Å². The van der Waals surface area contributed by atoms with E-state index in [9.17, 15) is 13.2 Å². The van der Waals surface area contributed by atoms with Crippen LogP contribution in [0.25, 0.3) is 11.1 Å². The molecule has 1 aliphatic rings. The van der Waals surface area contributed by atoms with E-state index < -0.39 is 9.84 Å². The Labute approximate surface area is 172 Å². The molecule has 1 unspecified atom stereocenters. The van der Waals surface area contributed by atoms with Crippen LogP contribution in [-0.2, 0) is 16.9 Å². The molecule has 2 aromatic heterocycles. The van der Waals surface area contributed by atoms with Crippen molar-refractivity contribution >= 4 is 15.7 Å². The number of hydrogen-bond donors (Lipinski definition) is 0. The number of rotatable bonds is 8. The predicted molar refractivity (Wildman–Crippen MR) is 112 cm³/mol. The topological polar surface area (TPSA) is 88.4 Å². The zero-order valence-electron chi connectivity index (χ0n) is 17.3. The fourth-order valence-electron chi connectivity index (χ4n) is 3.71. The first-order chi connectivity index (χ1) is 13.8. The zero-order chi connectivity index (χ0) is 21.0. The van der Waals surface area contributed by atoms with Gasteiger partial charge in [-0.2, -0.15) is 5.10 Å². The van der Waals surface area contributed by atoms with Gasteiger partial charge in [0.1, 0.15) is 0 Å². The van der Waals surface area contributed by atoms with Gasteiger partial charge in [0.25, 0.3) is 5.91 Å². The van der Waals surface area contributed by atoms with Crippen LogP contribution in [0.2, 0.25) is 0 Å². The second-order valence-corrected chi connectivity index (χ2v) is 9.68. The van der Waals surface area contributed by atoms with Gasteiger partial charge in [0.15, 0.2) is 9.84 Å². The highest BCUT2D eigenvalue weighted by molar-refractivity contribution is 7.91. The Kier molecular flexibility index (Phi) is 6.69. The number of carbonyl (C=O) groups is 1. The largest absolute Gasteiger partial charge is 0.333 e. The minimum absolute atomic E-state index is 0.0344. The summed E-state index contributed by atoms with van der Waals surface area (Å²) < 4.78 is 25.8. The number of aryl methyl sites for hydroxylation is 1. The first kappa shape index (κ1) is 21.4. The maximum atomic E-state index is 13.4. The molecule has 0 aromatic carbocycles. The summed E-state index contributed by atoms with van der Waals surface area (Å²) in [7, 11) is -1.25. The quantitative estimate of drug-likeness (QED) is 0.644. The Bertz CT molecular complexity index is 953. The summed E-state index contributed by atoms with van der Waals surface area (Å²) in [6.07, 6.45) is 7.34. The summed E-state index contributed by atoms with van der Waals surface area (Å²) in [5.74, 6) is 0.00503. The molecular formula is C20H29N5O3S. The molecule has 1 fully saturated rings. The predicted octanol–water partition coefficient (Wildman–Crippen LogP) is 1.45. The van der Waals surface area contributed by atoms with Gasteiger partial charge in [-0.25, -0.2) is 8.42 Å². The molecule has 3 heterocycles. The van der Waals surface area contributed by atoms with Gasteiger partial charge in [-0.15, -0.1) is 0 Å². The van der Waals surface area contributed by atoms with Crippen molar-refractivity contribution in [2.45, 2.75) is 26.3 Å². The molecule has 158 valence electrons. The van der Waals surface area contributed by atoms with Gasteiger partial charge in [0.2, 0.25) is 0 Å². The molecule has 0 saturated carbocycles. The van der Waals surface area contributed by atoms with Crippen LogP contribution in [0.1, 0.15) is 30.6 Å². The van der Waals surface area contributed by atoms with Gasteiger partial charge in [0.05, 0.1) is 23.3 Å².